The number of carbonyl (C=O) groups is 2. The molecule has 0 aromatic heterocycles. The second-order valence-corrected chi connectivity index (χ2v) is 8.28. The molecule has 8 nitrogen and oxygen atoms in total. The number of ether oxygens (including phenoxy) is 2. The van der Waals surface area contributed by atoms with E-state index in [0.717, 1.165) is 5.56 Å². The van der Waals surface area contributed by atoms with Gasteiger partial charge in [0, 0.05) is 0 Å². The zero-order chi connectivity index (χ0) is 21.6. The highest BCUT2D eigenvalue weighted by molar-refractivity contribution is 7.89. The van der Waals surface area contributed by atoms with E-state index in [2.05, 4.69) is 10.0 Å². The molecule has 1 atom stereocenters. The van der Waals surface area contributed by atoms with Gasteiger partial charge in [-0.2, -0.15) is 4.72 Å². The van der Waals surface area contributed by atoms with Crippen LogP contribution in [0.3, 0.4) is 0 Å². The Kier molecular flexibility index (Phi) is 7.60. The van der Waals surface area contributed by atoms with Gasteiger partial charge >= 0.3 is 5.97 Å². The standard InChI is InChI=1S/C19H21ClN2O6S/c1-12-4-9-17(16(20)10-12)21-18(23)11-28-19(24)13(2)22-29(25,26)15-7-5-14(27-3)6-8-15/h4-10,13,22H,11H2,1-3H3,(H,21,23)/t13-/m0/s1. The van der Waals surface area contributed by atoms with E-state index in [9.17, 15) is 18.0 Å². The van der Waals surface area contributed by atoms with Crippen molar-refractivity contribution in [3.8, 4) is 5.75 Å². The van der Waals surface area contributed by atoms with Crippen molar-refractivity contribution in [1.82, 2.24) is 4.72 Å². The first-order chi connectivity index (χ1) is 13.6. The van der Waals surface area contributed by atoms with Crippen molar-refractivity contribution in [2.45, 2.75) is 24.8 Å². The van der Waals surface area contributed by atoms with Gasteiger partial charge in [-0.05, 0) is 55.8 Å². The van der Waals surface area contributed by atoms with Gasteiger partial charge in [0.05, 0.1) is 22.7 Å². The van der Waals surface area contributed by atoms with Crippen molar-refractivity contribution in [3.63, 3.8) is 0 Å². The number of methoxy groups -OCH3 is 1. The number of halogens is 1. The lowest BCUT2D eigenvalue weighted by Crippen LogP contribution is -2.40. The first kappa shape index (κ1) is 22.7. The summed E-state index contributed by atoms with van der Waals surface area (Å²) >= 11 is 6.03. The van der Waals surface area contributed by atoms with Crippen LogP contribution in [0.5, 0.6) is 5.75 Å². The summed E-state index contributed by atoms with van der Waals surface area (Å²) in [4.78, 5) is 24.0. The van der Waals surface area contributed by atoms with Crippen LogP contribution in [0.15, 0.2) is 47.4 Å². The smallest absolute Gasteiger partial charge is 0.324 e. The summed E-state index contributed by atoms with van der Waals surface area (Å²) in [6.07, 6.45) is 0. The molecule has 1 amide bonds. The lowest BCUT2D eigenvalue weighted by molar-refractivity contribution is -0.148. The van der Waals surface area contributed by atoms with Gasteiger partial charge in [-0.25, -0.2) is 8.42 Å². The summed E-state index contributed by atoms with van der Waals surface area (Å²) in [5, 5.41) is 2.87. The minimum absolute atomic E-state index is 0.0373. The predicted octanol–water partition coefficient (Wildman–Crippen LogP) is 2.51. The summed E-state index contributed by atoms with van der Waals surface area (Å²) in [6.45, 7) is 2.59. The van der Waals surface area contributed by atoms with Crippen molar-refractivity contribution in [1.29, 1.82) is 0 Å². The van der Waals surface area contributed by atoms with Gasteiger partial charge in [-0.1, -0.05) is 17.7 Å². The van der Waals surface area contributed by atoms with Crippen molar-refractivity contribution in [2.75, 3.05) is 19.0 Å². The number of sulfonamides is 1. The number of amides is 1. The summed E-state index contributed by atoms with van der Waals surface area (Å²) < 4.78 is 36.7. The zero-order valence-electron chi connectivity index (χ0n) is 16.1. The number of nitrogens with one attached hydrogen (secondary N) is 2. The Morgan fingerprint density at radius 3 is 2.38 bits per heavy atom. The number of anilines is 1. The molecule has 0 aliphatic rings. The van der Waals surface area contributed by atoms with Crippen LogP contribution in [-0.4, -0.2) is 40.1 Å². The van der Waals surface area contributed by atoms with Gasteiger partial charge in [0.15, 0.2) is 6.61 Å². The molecule has 29 heavy (non-hydrogen) atoms. The van der Waals surface area contributed by atoms with Gasteiger partial charge < -0.3 is 14.8 Å². The van der Waals surface area contributed by atoms with E-state index in [-0.39, 0.29) is 4.90 Å². The van der Waals surface area contributed by atoms with Crippen molar-refractivity contribution in [2.24, 2.45) is 0 Å². The normalized spacial score (nSPS) is 12.1. The van der Waals surface area contributed by atoms with Crippen LogP contribution >= 0.6 is 11.6 Å². The van der Waals surface area contributed by atoms with Gasteiger partial charge in [-0.15, -0.1) is 0 Å². The van der Waals surface area contributed by atoms with Gasteiger partial charge in [-0.3, -0.25) is 9.59 Å². The third-order valence-corrected chi connectivity index (χ3v) is 5.67. The van der Waals surface area contributed by atoms with Crippen molar-refractivity contribution >= 4 is 39.2 Å². The summed E-state index contributed by atoms with van der Waals surface area (Å²) in [5.41, 5.74) is 1.31. The molecule has 2 aromatic carbocycles. The van der Waals surface area contributed by atoms with Crippen LogP contribution in [-0.2, 0) is 24.3 Å². The molecule has 2 aromatic rings. The lowest BCUT2D eigenvalue weighted by Gasteiger charge is -2.14. The Morgan fingerprint density at radius 2 is 1.79 bits per heavy atom. The topological polar surface area (TPSA) is 111 Å². The molecule has 0 saturated heterocycles. The maximum absolute atomic E-state index is 12.3. The monoisotopic (exact) mass is 440 g/mol. The van der Waals surface area contributed by atoms with Crippen LogP contribution in [0.2, 0.25) is 5.02 Å². The molecule has 0 aliphatic heterocycles. The molecule has 0 bridgehead atoms. The molecule has 10 heteroatoms. The quantitative estimate of drug-likeness (QED) is 0.610. The fraction of sp³-hybridized carbons (Fsp3) is 0.263. The molecule has 156 valence electrons. The van der Waals surface area contributed by atoms with Crippen molar-refractivity contribution in [3.05, 3.63) is 53.1 Å². The molecule has 0 spiro atoms. The molecule has 2 N–H and O–H groups in total. The van der Waals surface area contributed by atoms with E-state index < -0.39 is 34.5 Å². The molecule has 0 fully saturated rings. The number of benzene rings is 2. The predicted molar refractivity (Wildman–Crippen MR) is 109 cm³/mol. The number of carbonyl (C=O) groups excluding carboxylic acids is 2. The molecule has 0 unspecified atom stereocenters. The Bertz CT molecular complexity index is 992. The second kappa shape index (κ2) is 9.73. The molecule has 2 rings (SSSR count). The summed E-state index contributed by atoms with van der Waals surface area (Å²) in [7, 11) is -2.49. The fourth-order valence-corrected chi connectivity index (χ4v) is 3.75. The highest BCUT2D eigenvalue weighted by Gasteiger charge is 2.24. The lowest BCUT2D eigenvalue weighted by atomic mass is 10.2. The first-order valence-electron chi connectivity index (χ1n) is 8.51. The third-order valence-electron chi connectivity index (χ3n) is 3.80. The van der Waals surface area contributed by atoms with E-state index >= 15 is 0 Å². The highest BCUT2D eigenvalue weighted by atomic mass is 35.5. The third kappa shape index (κ3) is 6.45. The minimum atomic E-state index is -3.95. The van der Waals surface area contributed by atoms with Gasteiger partial charge in [0.2, 0.25) is 10.0 Å². The Balaban J connectivity index is 1.89. The first-order valence-corrected chi connectivity index (χ1v) is 10.4. The van der Waals surface area contributed by atoms with Crippen LogP contribution < -0.4 is 14.8 Å². The number of aryl methyl sites for hydroxylation is 1. The highest BCUT2D eigenvalue weighted by Crippen LogP contribution is 2.22. The minimum Gasteiger partial charge on any atom is -0.497 e. The number of rotatable bonds is 8. The van der Waals surface area contributed by atoms with Gasteiger partial charge in [0.25, 0.3) is 5.91 Å². The second-order valence-electron chi connectivity index (χ2n) is 6.16. The number of hydrogen-bond donors (Lipinski definition) is 2. The molecule has 0 aliphatic carbocycles. The average Bonchev–Trinajstić information content (AvgIpc) is 2.68. The van der Waals surface area contributed by atoms with E-state index in [4.69, 9.17) is 21.1 Å². The summed E-state index contributed by atoms with van der Waals surface area (Å²) in [6, 6.07) is 9.54. The van der Waals surface area contributed by atoms with E-state index in [0.29, 0.717) is 16.5 Å². The number of esters is 1. The largest absolute Gasteiger partial charge is 0.497 e. The zero-order valence-corrected chi connectivity index (χ0v) is 17.6. The van der Waals surface area contributed by atoms with Crippen molar-refractivity contribution < 1.29 is 27.5 Å². The van der Waals surface area contributed by atoms with Crippen LogP contribution in [0, 0.1) is 6.92 Å². The maximum atomic E-state index is 12.3. The van der Waals surface area contributed by atoms with Gasteiger partial charge in [0.1, 0.15) is 11.8 Å². The fourth-order valence-electron chi connectivity index (χ4n) is 2.27. The Morgan fingerprint density at radius 1 is 1.14 bits per heavy atom. The SMILES string of the molecule is COc1ccc(S(=O)(=O)N[C@@H](C)C(=O)OCC(=O)Nc2ccc(C)cc2Cl)cc1. The van der Waals surface area contributed by atoms with E-state index in [1.807, 2.05) is 6.92 Å². The van der Waals surface area contributed by atoms with Crippen LogP contribution in [0.1, 0.15) is 12.5 Å². The summed E-state index contributed by atoms with van der Waals surface area (Å²) in [5.74, 6) is -1.00. The van der Waals surface area contributed by atoms with E-state index in [1.165, 1.54) is 38.3 Å². The average molecular weight is 441 g/mol. The molecular formula is C19H21ClN2O6S. The van der Waals surface area contributed by atoms with E-state index in [1.54, 1.807) is 18.2 Å². The molecule has 0 radical (unpaired) electrons. The number of hydrogen-bond acceptors (Lipinski definition) is 6. The van der Waals surface area contributed by atoms with Crippen LogP contribution in [0.4, 0.5) is 5.69 Å². The Labute approximate surface area is 174 Å². The molecule has 0 heterocycles. The van der Waals surface area contributed by atoms with Crippen LogP contribution in [0.25, 0.3) is 0 Å². The molecule has 0 saturated carbocycles. The Hall–Kier alpha value is -2.62. The maximum Gasteiger partial charge on any atom is 0.324 e. The molecular weight excluding hydrogens is 420 g/mol.